The minimum absolute atomic E-state index is 0.0126. The van der Waals surface area contributed by atoms with Gasteiger partial charge in [0.1, 0.15) is 11.5 Å². The van der Waals surface area contributed by atoms with E-state index in [4.69, 9.17) is 22.1 Å². The molecule has 0 aliphatic carbocycles. The van der Waals surface area contributed by atoms with Crippen molar-refractivity contribution in [2.24, 2.45) is 0 Å². The van der Waals surface area contributed by atoms with Crippen molar-refractivity contribution in [3.8, 4) is 11.6 Å². The van der Waals surface area contributed by atoms with Crippen LogP contribution in [-0.4, -0.2) is 16.5 Å². The van der Waals surface area contributed by atoms with Crippen molar-refractivity contribution in [3.63, 3.8) is 0 Å². The minimum Gasteiger partial charge on any atom is -0.433 e. The molecule has 1 aromatic carbocycles. The van der Waals surface area contributed by atoms with Gasteiger partial charge in [-0.15, -0.1) is 10.2 Å². The fraction of sp³-hybridized carbons (Fsp3) is 0. The van der Waals surface area contributed by atoms with Gasteiger partial charge < -0.3 is 10.5 Å². The van der Waals surface area contributed by atoms with E-state index in [0.29, 0.717) is 12.4 Å². The molecule has 0 spiro atoms. The van der Waals surface area contributed by atoms with Gasteiger partial charge in [-0.25, -0.2) is 8.78 Å². The molecule has 0 radical (unpaired) electrons. The van der Waals surface area contributed by atoms with Crippen molar-refractivity contribution in [2.75, 3.05) is 5.73 Å². The third-order valence-electron chi connectivity index (χ3n) is 2.11. The molecule has 0 amide bonds. The molecular formula is C11H6ClF2N3O2. The van der Waals surface area contributed by atoms with Crippen LogP contribution in [0.2, 0.25) is 5.02 Å². The number of rotatable bonds is 3. The predicted octanol–water partition coefficient (Wildman–Crippen LogP) is 2.60. The summed E-state index contributed by atoms with van der Waals surface area (Å²) in [6.45, 7) is 0. The van der Waals surface area contributed by atoms with Crippen LogP contribution < -0.4 is 10.5 Å². The first-order valence-corrected chi connectivity index (χ1v) is 5.30. The van der Waals surface area contributed by atoms with Gasteiger partial charge in [-0.3, -0.25) is 4.79 Å². The van der Waals surface area contributed by atoms with Crippen LogP contribution in [0.25, 0.3) is 0 Å². The van der Waals surface area contributed by atoms with E-state index in [-0.39, 0.29) is 22.3 Å². The zero-order valence-corrected chi connectivity index (χ0v) is 9.99. The van der Waals surface area contributed by atoms with Gasteiger partial charge in [0, 0.05) is 12.1 Å². The average molecular weight is 286 g/mol. The number of aldehydes is 1. The molecule has 5 nitrogen and oxygen atoms in total. The lowest BCUT2D eigenvalue weighted by Crippen LogP contribution is -2.01. The monoisotopic (exact) mass is 285 g/mol. The summed E-state index contributed by atoms with van der Waals surface area (Å²) < 4.78 is 31.3. The van der Waals surface area contributed by atoms with Gasteiger partial charge in [0.2, 0.25) is 5.88 Å². The molecule has 0 saturated heterocycles. The van der Waals surface area contributed by atoms with Crippen LogP contribution >= 0.6 is 11.6 Å². The Morgan fingerprint density at radius 1 is 1.26 bits per heavy atom. The topological polar surface area (TPSA) is 78.1 Å². The summed E-state index contributed by atoms with van der Waals surface area (Å²) >= 11 is 5.64. The molecule has 1 aromatic heterocycles. The fourth-order valence-corrected chi connectivity index (χ4v) is 1.50. The number of ether oxygens (including phenoxy) is 1. The maximum absolute atomic E-state index is 13.5. The summed E-state index contributed by atoms with van der Waals surface area (Å²) in [5.74, 6) is -2.41. The molecule has 8 heteroatoms. The van der Waals surface area contributed by atoms with Crippen molar-refractivity contribution in [1.29, 1.82) is 0 Å². The first-order chi connectivity index (χ1) is 9.01. The van der Waals surface area contributed by atoms with E-state index in [1.807, 2.05) is 0 Å². The van der Waals surface area contributed by atoms with Crippen LogP contribution in [0.4, 0.5) is 14.5 Å². The van der Waals surface area contributed by atoms with Crippen LogP contribution in [0.3, 0.4) is 0 Å². The van der Waals surface area contributed by atoms with Crippen LogP contribution in [0, 0.1) is 11.6 Å². The third kappa shape index (κ3) is 2.76. The van der Waals surface area contributed by atoms with E-state index in [0.717, 1.165) is 6.07 Å². The number of benzene rings is 1. The van der Waals surface area contributed by atoms with Crippen LogP contribution in [-0.2, 0) is 0 Å². The molecule has 0 fully saturated rings. The summed E-state index contributed by atoms with van der Waals surface area (Å²) in [5.41, 5.74) is 5.43. The second kappa shape index (κ2) is 5.15. The molecule has 0 aliphatic rings. The standard InChI is InChI=1S/C11H6ClF2N3O2/c12-6-1-5(13)2-7(14)11(6)19-10-3-8(15)9(4-18)16-17-10/h1-4H,(H2,15,17). The van der Waals surface area contributed by atoms with Crippen LogP contribution in [0.5, 0.6) is 11.6 Å². The predicted molar refractivity (Wildman–Crippen MR) is 63.3 cm³/mol. The van der Waals surface area contributed by atoms with Crippen molar-refractivity contribution in [1.82, 2.24) is 10.2 Å². The zero-order chi connectivity index (χ0) is 14.0. The summed E-state index contributed by atoms with van der Waals surface area (Å²) in [7, 11) is 0. The Morgan fingerprint density at radius 2 is 2.00 bits per heavy atom. The van der Waals surface area contributed by atoms with Crippen LogP contribution in [0.15, 0.2) is 18.2 Å². The maximum atomic E-state index is 13.5. The molecule has 0 aliphatic heterocycles. The number of nitrogens with two attached hydrogens (primary N) is 1. The van der Waals surface area contributed by atoms with Gasteiger partial charge in [-0.05, 0) is 6.07 Å². The van der Waals surface area contributed by atoms with E-state index >= 15 is 0 Å². The number of nitrogen functional groups attached to an aromatic ring is 1. The Kier molecular flexibility index (Phi) is 3.57. The Bertz CT molecular complexity index is 629. The molecule has 1 heterocycles. The highest BCUT2D eigenvalue weighted by Gasteiger charge is 2.14. The van der Waals surface area contributed by atoms with Gasteiger partial charge in [-0.1, -0.05) is 11.6 Å². The van der Waals surface area contributed by atoms with Crippen molar-refractivity contribution in [2.45, 2.75) is 0 Å². The average Bonchev–Trinajstić information content (AvgIpc) is 2.34. The molecular weight excluding hydrogens is 280 g/mol. The van der Waals surface area contributed by atoms with Gasteiger partial charge >= 0.3 is 0 Å². The number of halogens is 3. The van der Waals surface area contributed by atoms with Gasteiger partial charge in [0.25, 0.3) is 0 Å². The SMILES string of the molecule is Nc1cc(Oc2c(F)cc(F)cc2Cl)nnc1C=O. The van der Waals surface area contributed by atoms with Crippen molar-refractivity contribution >= 4 is 23.6 Å². The molecule has 2 N–H and O–H groups in total. The highest BCUT2D eigenvalue weighted by molar-refractivity contribution is 6.32. The lowest BCUT2D eigenvalue weighted by Gasteiger charge is -2.08. The number of hydrogen-bond acceptors (Lipinski definition) is 5. The normalized spacial score (nSPS) is 10.3. The molecule has 2 aromatic rings. The quantitative estimate of drug-likeness (QED) is 0.877. The molecule has 0 unspecified atom stereocenters. The van der Waals surface area contributed by atoms with Crippen LogP contribution in [0.1, 0.15) is 10.5 Å². The lowest BCUT2D eigenvalue weighted by atomic mass is 10.3. The van der Waals surface area contributed by atoms with E-state index in [9.17, 15) is 13.6 Å². The third-order valence-corrected chi connectivity index (χ3v) is 2.39. The highest BCUT2D eigenvalue weighted by Crippen LogP contribution is 2.32. The highest BCUT2D eigenvalue weighted by atomic mass is 35.5. The number of hydrogen-bond donors (Lipinski definition) is 1. The van der Waals surface area contributed by atoms with Crippen molar-refractivity contribution in [3.05, 3.63) is 40.6 Å². The molecule has 0 saturated carbocycles. The summed E-state index contributed by atoms with van der Waals surface area (Å²) in [5, 5.41) is 6.70. The first-order valence-electron chi connectivity index (χ1n) is 4.92. The summed E-state index contributed by atoms with van der Waals surface area (Å²) in [6.07, 6.45) is 0.414. The lowest BCUT2D eigenvalue weighted by molar-refractivity contribution is 0.111. The molecule has 0 atom stereocenters. The summed E-state index contributed by atoms with van der Waals surface area (Å²) in [4.78, 5) is 10.5. The van der Waals surface area contributed by atoms with E-state index in [1.165, 1.54) is 6.07 Å². The fourth-order valence-electron chi connectivity index (χ4n) is 1.27. The molecule has 2 rings (SSSR count). The Hall–Kier alpha value is -2.28. The van der Waals surface area contributed by atoms with Gasteiger partial charge in [0.05, 0.1) is 10.7 Å². The smallest absolute Gasteiger partial charge is 0.241 e. The van der Waals surface area contributed by atoms with E-state index in [1.54, 1.807) is 0 Å². The number of carbonyl (C=O) groups is 1. The molecule has 19 heavy (non-hydrogen) atoms. The Morgan fingerprint density at radius 3 is 2.58 bits per heavy atom. The number of nitrogens with zero attached hydrogens (tertiary/aromatic N) is 2. The maximum Gasteiger partial charge on any atom is 0.241 e. The number of aromatic nitrogens is 2. The van der Waals surface area contributed by atoms with E-state index < -0.39 is 17.4 Å². The minimum atomic E-state index is -0.996. The molecule has 98 valence electrons. The van der Waals surface area contributed by atoms with Gasteiger partial charge in [-0.2, -0.15) is 0 Å². The Labute approximate surface area is 111 Å². The zero-order valence-electron chi connectivity index (χ0n) is 9.23. The largest absolute Gasteiger partial charge is 0.433 e. The second-order valence-electron chi connectivity index (χ2n) is 3.44. The van der Waals surface area contributed by atoms with Crippen molar-refractivity contribution < 1.29 is 18.3 Å². The first kappa shape index (κ1) is 13.2. The molecule has 0 bridgehead atoms. The Balaban J connectivity index is 2.36. The number of anilines is 1. The summed E-state index contributed by atoms with van der Waals surface area (Å²) in [6, 6.07) is 2.67. The number of carbonyl (C=O) groups excluding carboxylic acids is 1. The van der Waals surface area contributed by atoms with Gasteiger partial charge in [0.15, 0.2) is 17.9 Å². The second-order valence-corrected chi connectivity index (χ2v) is 3.85. The van der Waals surface area contributed by atoms with E-state index in [2.05, 4.69) is 10.2 Å².